The minimum absolute atomic E-state index is 0.115. The SMILES string of the molecule is COC(OC)C(=O)c1cccc(C2CCC2)c1. The third kappa shape index (κ3) is 2.56. The molecule has 1 aromatic carbocycles. The van der Waals surface area contributed by atoms with Gasteiger partial charge in [-0.25, -0.2) is 0 Å². The number of hydrogen-bond donors (Lipinski definition) is 0. The number of ketones is 1. The number of Topliss-reactive ketones (excluding diaryl/α,β-unsaturated/α-hetero) is 1. The summed E-state index contributed by atoms with van der Waals surface area (Å²) >= 11 is 0. The number of benzene rings is 1. The van der Waals surface area contributed by atoms with Crippen molar-refractivity contribution in [1.29, 1.82) is 0 Å². The van der Waals surface area contributed by atoms with Crippen LogP contribution in [0.4, 0.5) is 0 Å². The van der Waals surface area contributed by atoms with Crippen LogP contribution >= 0.6 is 0 Å². The van der Waals surface area contributed by atoms with Crippen molar-refractivity contribution in [3.05, 3.63) is 35.4 Å². The van der Waals surface area contributed by atoms with Gasteiger partial charge in [-0.05, 0) is 30.4 Å². The van der Waals surface area contributed by atoms with E-state index in [1.807, 2.05) is 18.2 Å². The summed E-state index contributed by atoms with van der Waals surface area (Å²) in [5.74, 6) is 0.516. The van der Waals surface area contributed by atoms with E-state index < -0.39 is 6.29 Å². The second kappa shape index (κ2) is 5.43. The zero-order valence-electron chi connectivity index (χ0n) is 10.3. The van der Waals surface area contributed by atoms with Crippen molar-refractivity contribution < 1.29 is 14.3 Å². The van der Waals surface area contributed by atoms with Crippen LogP contribution in [0.15, 0.2) is 24.3 Å². The quantitative estimate of drug-likeness (QED) is 0.580. The van der Waals surface area contributed by atoms with E-state index in [0.717, 1.165) is 0 Å². The van der Waals surface area contributed by atoms with E-state index in [1.165, 1.54) is 39.0 Å². The van der Waals surface area contributed by atoms with Crippen molar-refractivity contribution in [3.8, 4) is 0 Å². The van der Waals surface area contributed by atoms with Gasteiger partial charge in [-0.1, -0.05) is 24.6 Å². The van der Waals surface area contributed by atoms with E-state index in [-0.39, 0.29) is 5.78 Å². The Morgan fingerprint density at radius 3 is 2.53 bits per heavy atom. The molecule has 0 spiro atoms. The number of methoxy groups -OCH3 is 2. The molecule has 3 heteroatoms. The van der Waals surface area contributed by atoms with Gasteiger partial charge < -0.3 is 9.47 Å². The van der Waals surface area contributed by atoms with E-state index in [9.17, 15) is 4.79 Å². The Bertz CT molecular complexity index is 392. The summed E-state index contributed by atoms with van der Waals surface area (Å²) in [6.07, 6.45) is 2.96. The predicted molar refractivity (Wildman–Crippen MR) is 65.2 cm³/mol. The Morgan fingerprint density at radius 2 is 2.00 bits per heavy atom. The maximum atomic E-state index is 12.0. The van der Waals surface area contributed by atoms with Gasteiger partial charge in [0.2, 0.25) is 12.1 Å². The zero-order valence-corrected chi connectivity index (χ0v) is 10.3. The molecule has 0 saturated heterocycles. The van der Waals surface area contributed by atoms with Crippen molar-refractivity contribution in [2.24, 2.45) is 0 Å². The van der Waals surface area contributed by atoms with Crippen LogP contribution in [-0.2, 0) is 9.47 Å². The minimum Gasteiger partial charge on any atom is -0.349 e. The molecule has 0 unspecified atom stereocenters. The van der Waals surface area contributed by atoms with Gasteiger partial charge in [0.1, 0.15) is 0 Å². The van der Waals surface area contributed by atoms with Crippen LogP contribution in [0.2, 0.25) is 0 Å². The molecule has 0 bridgehead atoms. The van der Waals surface area contributed by atoms with E-state index in [1.54, 1.807) is 0 Å². The molecule has 17 heavy (non-hydrogen) atoms. The molecule has 2 rings (SSSR count). The Morgan fingerprint density at radius 1 is 1.29 bits per heavy atom. The number of hydrogen-bond acceptors (Lipinski definition) is 3. The molecule has 1 aromatic rings. The molecule has 92 valence electrons. The fourth-order valence-corrected chi connectivity index (χ4v) is 2.13. The Kier molecular flexibility index (Phi) is 3.92. The number of rotatable bonds is 5. The molecule has 1 aliphatic carbocycles. The lowest BCUT2D eigenvalue weighted by Gasteiger charge is -2.26. The van der Waals surface area contributed by atoms with Crippen LogP contribution < -0.4 is 0 Å². The molecule has 0 atom stereocenters. The molecular weight excluding hydrogens is 216 g/mol. The summed E-state index contributed by atoms with van der Waals surface area (Å²) in [5.41, 5.74) is 1.93. The molecule has 0 heterocycles. The average molecular weight is 234 g/mol. The summed E-state index contributed by atoms with van der Waals surface area (Å²) in [4.78, 5) is 12.0. The largest absolute Gasteiger partial charge is 0.349 e. The Balaban J connectivity index is 2.17. The van der Waals surface area contributed by atoms with Crippen molar-refractivity contribution >= 4 is 5.78 Å². The Hall–Kier alpha value is -1.19. The van der Waals surface area contributed by atoms with Crippen LogP contribution in [-0.4, -0.2) is 26.3 Å². The fraction of sp³-hybridized carbons (Fsp3) is 0.500. The lowest BCUT2D eigenvalue weighted by molar-refractivity contribution is -0.0742. The van der Waals surface area contributed by atoms with Crippen LogP contribution in [0.25, 0.3) is 0 Å². The predicted octanol–water partition coefficient (Wildman–Crippen LogP) is 2.76. The van der Waals surface area contributed by atoms with Crippen molar-refractivity contribution in [2.75, 3.05) is 14.2 Å². The van der Waals surface area contributed by atoms with E-state index >= 15 is 0 Å². The first-order valence-electron chi connectivity index (χ1n) is 5.96. The highest BCUT2D eigenvalue weighted by Gasteiger charge is 2.23. The van der Waals surface area contributed by atoms with Crippen LogP contribution in [0.3, 0.4) is 0 Å². The van der Waals surface area contributed by atoms with Crippen LogP contribution in [0, 0.1) is 0 Å². The van der Waals surface area contributed by atoms with Crippen molar-refractivity contribution in [2.45, 2.75) is 31.5 Å². The first-order chi connectivity index (χ1) is 8.26. The third-order valence-electron chi connectivity index (χ3n) is 3.39. The molecule has 0 aliphatic heterocycles. The van der Waals surface area contributed by atoms with Crippen LogP contribution in [0.5, 0.6) is 0 Å². The van der Waals surface area contributed by atoms with Gasteiger partial charge >= 0.3 is 0 Å². The maximum Gasteiger partial charge on any atom is 0.222 e. The normalized spacial score (nSPS) is 15.9. The Labute approximate surface area is 102 Å². The first kappa shape index (κ1) is 12.3. The molecular formula is C14H18O3. The van der Waals surface area contributed by atoms with Gasteiger partial charge in [-0.15, -0.1) is 0 Å². The molecule has 1 fully saturated rings. The lowest BCUT2D eigenvalue weighted by atomic mass is 9.79. The molecule has 3 nitrogen and oxygen atoms in total. The zero-order chi connectivity index (χ0) is 12.3. The molecule has 0 N–H and O–H groups in total. The van der Waals surface area contributed by atoms with E-state index in [0.29, 0.717) is 11.5 Å². The smallest absolute Gasteiger partial charge is 0.222 e. The van der Waals surface area contributed by atoms with Gasteiger partial charge in [0, 0.05) is 19.8 Å². The average Bonchev–Trinajstić information content (AvgIpc) is 2.28. The van der Waals surface area contributed by atoms with Gasteiger partial charge in [0.15, 0.2) is 0 Å². The van der Waals surface area contributed by atoms with Gasteiger partial charge in [0.25, 0.3) is 0 Å². The van der Waals surface area contributed by atoms with E-state index in [2.05, 4.69) is 6.07 Å². The maximum absolute atomic E-state index is 12.0. The second-order valence-electron chi connectivity index (χ2n) is 4.42. The molecule has 1 saturated carbocycles. The topological polar surface area (TPSA) is 35.5 Å². The first-order valence-corrected chi connectivity index (χ1v) is 5.96. The molecule has 0 radical (unpaired) electrons. The lowest BCUT2D eigenvalue weighted by Crippen LogP contribution is -2.25. The summed E-state index contributed by atoms with van der Waals surface area (Å²) in [6.45, 7) is 0. The van der Waals surface area contributed by atoms with Gasteiger partial charge in [-0.2, -0.15) is 0 Å². The molecule has 1 aliphatic rings. The van der Waals surface area contributed by atoms with Gasteiger partial charge in [-0.3, -0.25) is 4.79 Å². The standard InChI is InChI=1S/C14H18O3/c1-16-14(17-2)13(15)12-8-4-7-11(9-12)10-5-3-6-10/h4,7-10,14H,3,5-6H2,1-2H3. The molecule has 0 aromatic heterocycles. The van der Waals surface area contributed by atoms with E-state index in [4.69, 9.17) is 9.47 Å². The summed E-state index contributed by atoms with van der Waals surface area (Å²) in [5, 5.41) is 0. The highest BCUT2D eigenvalue weighted by Crippen LogP contribution is 2.36. The number of carbonyl (C=O) groups excluding carboxylic acids is 1. The second-order valence-corrected chi connectivity index (χ2v) is 4.42. The van der Waals surface area contributed by atoms with Crippen LogP contribution in [0.1, 0.15) is 41.1 Å². The van der Waals surface area contributed by atoms with Crippen molar-refractivity contribution in [3.63, 3.8) is 0 Å². The minimum atomic E-state index is -0.799. The molecule has 0 amide bonds. The third-order valence-corrected chi connectivity index (χ3v) is 3.39. The summed E-state index contributed by atoms with van der Waals surface area (Å²) < 4.78 is 9.97. The highest BCUT2D eigenvalue weighted by molar-refractivity contribution is 5.98. The van der Waals surface area contributed by atoms with Crippen molar-refractivity contribution in [1.82, 2.24) is 0 Å². The number of ether oxygens (including phenoxy) is 2. The van der Waals surface area contributed by atoms with Gasteiger partial charge in [0.05, 0.1) is 0 Å². The highest BCUT2D eigenvalue weighted by atomic mass is 16.7. The monoisotopic (exact) mass is 234 g/mol. The fourth-order valence-electron chi connectivity index (χ4n) is 2.13. The summed E-state index contributed by atoms with van der Waals surface area (Å²) in [6, 6.07) is 7.81. The number of carbonyl (C=O) groups is 1. The summed E-state index contributed by atoms with van der Waals surface area (Å²) in [7, 11) is 2.95.